The van der Waals surface area contributed by atoms with Gasteiger partial charge in [-0.1, -0.05) is 31.9 Å². The lowest BCUT2D eigenvalue weighted by molar-refractivity contribution is 0.360. The van der Waals surface area contributed by atoms with Crippen LogP contribution < -0.4 is 0 Å². The Hall–Kier alpha value is 0.610. The Morgan fingerprint density at radius 3 is 2.50 bits per heavy atom. The molecular weight excluding hydrogens is 288 g/mol. The summed E-state index contributed by atoms with van der Waals surface area (Å²) in [5.74, 6) is 0. The number of halogens is 2. The van der Waals surface area contributed by atoms with E-state index in [9.17, 15) is 8.42 Å². The molecule has 0 amide bonds. The van der Waals surface area contributed by atoms with Crippen LogP contribution in [-0.4, -0.2) is 21.3 Å². The van der Waals surface area contributed by atoms with Crippen molar-refractivity contribution in [2.45, 2.75) is 0 Å². The molecule has 0 unspecified atom stereocenters. The highest BCUT2D eigenvalue weighted by atomic mass is 79.9. The molecule has 0 aliphatic carbocycles. The van der Waals surface area contributed by atoms with Crippen molar-refractivity contribution in [3.05, 3.63) is 9.47 Å². The average molecular weight is 294 g/mol. The van der Waals surface area contributed by atoms with E-state index in [2.05, 4.69) is 36.0 Å². The van der Waals surface area contributed by atoms with Crippen molar-refractivity contribution in [2.24, 2.45) is 0 Å². The minimum Gasteiger partial charge on any atom is -0.265 e. The second kappa shape index (κ2) is 4.48. The fourth-order valence-electron chi connectivity index (χ4n) is 0.195. The summed E-state index contributed by atoms with van der Waals surface area (Å²) >= 11 is 6.05. The van der Waals surface area contributed by atoms with Gasteiger partial charge in [-0.05, 0) is 4.99 Å². The smallest absolute Gasteiger partial charge is 0.264 e. The molecule has 0 saturated carbocycles. The normalized spacial score (nSPS) is 13.7. The average Bonchev–Trinajstić information content (AvgIpc) is 1.81. The van der Waals surface area contributed by atoms with Crippen LogP contribution in [0.15, 0.2) is 9.47 Å². The Morgan fingerprint density at radius 2 is 2.20 bits per heavy atom. The van der Waals surface area contributed by atoms with Gasteiger partial charge in [-0.3, -0.25) is 4.18 Å². The Kier molecular flexibility index (Phi) is 4.75. The molecule has 60 valence electrons. The molecule has 0 aliphatic heterocycles. The molecule has 0 atom stereocenters. The maximum absolute atomic E-state index is 10.4. The molecule has 0 aromatic heterocycles. The lowest BCUT2D eigenvalue weighted by Crippen LogP contribution is -2.03. The topological polar surface area (TPSA) is 43.4 Å². The number of rotatable bonds is 3. The molecule has 0 N–H and O–H groups in total. The zero-order chi connectivity index (χ0) is 8.20. The highest BCUT2D eigenvalue weighted by molar-refractivity contribution is 9.14. The van der Waals surface area contributed by atoms with Crippen LogP contribution in [0.1, 0.15) is 0 Å². The number of hydrogen-bond acceptors (Lipinski definition) is 3. The summed E-state index contributed by atoms with van der Waals surface area (Å²) in [6.45, 7) is 0.0318. The van der Waals surface area contributed by atoms with Gasteiger partial charge in [0.1, 0.15) is 0 Å². The molecule has 0 aromatic carbocycles. The lowest BCUT2D eigenvalue weighted by Gasteiger charge is -1.97. The third-order valence-electron chi connectivity index (χ3n) is 0.529. The molecular formula is C4H6Br2O3S. The van der Waals surface area contributed by atoms with Gasteiger partial charge in [0, 0.05) is 4.48 Å². The van der Waals surface area contributed by atoms with Crippen molar-refractivity contribution < 1.29 is 12.6 Å². The van der Waals surface area contributed by atoms with E-state index in [4.69, 9.17) is 0 Å². The van der Waals surface area contributed by atoms with Gasteiger partial charge >= 0.3 is 0 Å². The van der Waals surface area contributed by atoms with Crippen LogP contribution in [0.3, 0.4) is 0 Å². The fourth-order valence-corrected chi connectivity index (χ4v) is 0.934. The summed E-state index contributed by atoms with van der Waals surface area (Å²) in [5, 5.41) is 0. The highest BCUT2D eigenvalue weighted by Gasteiger charge is 2.01. The SMILES string of the molecule is CS(=O)(=O)OCC(Br)=CBr. The van der Waals surface area contributed by atoms with Crippen LogP contribution in [0.2, 0.25) is 0 Å². The largest absolute Gasteiger partial charge is 0.265 e. The van der Waals surface area contributed by atoms with Crippen molar-refractivity contribution in [2.75, 3.05) is 12.9 Å². The molecule has 6 heteroatoms. The van der Waals surface area contributed by atoms with E-state index in [0.717, 1.165) is 6.26 Å². The Bertz CT molecular complexity index is 219. The predicted molar refractivity (Wildman–Crippen MR) is 46.7 cm³/mol. The second-order valence-corrected chi connectivity index (χ2v) is 4.64. The first-order chi connectivity index (χ1) is 4.45. The molecule has 3 nitrogen and oxygen atoms in total. The molecule has 0 aromatic rings. The molecule has 0 radical (unpaired) electrons. The third kappa shape index (κ3) is 6.73. The highest BCUT2D eigenvalue weighted by Crippen LogP contribution is 2.08. The zero-order valence-corrected chi connectivity index (χ0v) is 9.16. The van der Waals surface area contributed by atoms with Gasteiger partial charge in [-0.15, -0.1) is 0 Å². The molecule has 0 heterocycles. The van der Waals surface area contributed by atoms with Gasteiger partial charge in [0.15, 0.2) is 0 Å². The first-order valence-electron chi connectivity index (χ1n) is 2.25. The van der Waals surface area contributed by atoms with E-state index >= 15 is 0 Å². The zero-order valence-electron chi connectivity index (χ0n) is 5.17. The van der Waals surface area contributed by atoms with Gasteiger partial charge in [0.25, 0.3) is 10.1 Å². The lowest BCUT2D eigenvalue weighted by atomic mass is 10.7. The third-order valence-corrected chi connectivity index (χ3v) is 2.70. The minimum absolute atomic E-state index is 0.0318. The Morgan fingerprint density at radius 1 is 1.70 bits per heavy atom. The van der Waals surface area contributed by atoms with Gasteiger partial charge in [0.05, 0.1) is 12.9 Å². The molecule has 0 fully saturated rings. The van der Waals surface area contributed by atoms with Crippen molar-refractivity contribution >= 4 is 42.0 Å². The van der Waals surface area contributed by atoms with Gasteiger partial charge in [0.2, 0.25) is 0 Å². The van der Waals surface area contributed by atoms with E-state index in [1.54, 1.807) is 0 Å². The van der Waals surface area contributed by atoms with Gasteiger partial charge in [-0.25, -0.2) is 0 Å². The summed E-state index contributed by atoms with van der Waals surface area (Å²) in [6.07, 6.45) is 1.00. The monoisotopic (exact) mass is 292 g/mol. The van der Waals surface area contributed by atoms with E-state index in [1.807, 2.05) is 0 Å². The van der Waals surface area contributed by atoms with Crippen molar-refractivity contribution in [1.82, 2.24) is 0 Å². The maximum Gasteiger partial charge on any atom is 0.264 e. The summed E-state index contributed by atoms with van der Waals surface area (Å²) in [5.41, 5.74) is 0. The van der Waals surface area contributed by atoms with E-state index in [-0.39, 0.29) is 6.61 Å². The van der Waals surface area contributed by atoms with Crippen LogP contribution in [-0.2, 0) is 14.3 Å². The van der Waals surface area contributed by atoms with Crippen LogP contribution in [0.25, 0.3) is 0 Å². The van der Waals surface area contributed by atoms with Crippen LogP contribution in [0, 0.1) is 0 Å². The van der Waals surface area contributed by atoms with E-state index in [0.29, 0.717) is 4.48 Å². The van der Waals surface area contributed by atoms with E-state index in [1.165, 1.54) is 4.99 Å². The van der Waals surface area contributed by atoms with Crippen LogP contribution >= 0.6 is 31.9 Å². The molecule has 0 rings (SSSR count). The summed E-state index contributed by atoms with van der Waals surface area (Å²) in [4.78, 5) is 1.54. The predicted octanol–water partition coefficient (Wildman–Crippen LogP) is 1.59. The minimum atomic E-state index is -3.32. The molecule has 0 aliphatic rings. The number of hydrogen-bond donors (Lipinski definition) is 0. The van der Waals surface area contributed by atoms with E-state index < -0.39 is 10.1 Å². The van der Waals surface area contributed by atoms with Crippen molar-refractivity contribution in [1.29, 1.82) is 0 Å². The standard InChI is InChI=1S/C4H6Br2O3S/c1-10(7,8)9-3-4(6)2-5/h2H,3H2,1H3. The summed E-state index contributed by atoms with van der Waals surface area (Å²) in [6, 6.07) is 0. The molecule has 0 bridgehead atoms. The van der Waals surface area contributed by atoms with Crippen molar-refractivity contribution in [3.8, 4) is 0 Å². The quantitative estimate of drug-likeness (QED) is 0.742. The first-order valence-corrected chi connectivity index (χ1v) is 5.77. The maximum atomic E-state index is 10.4. The van der Waals surface area contributed by atoms with Crippen molar-refractivity contribution in [3.63, 3.8) is 0 Å². The first kappa shape index (κ1) is 10.6. The molecule has 10 heavy (non-hydrogen) atoms. The van der Waals surface area contributed by atoms with Crippen LogP contribution in [0.4, 0.5) is 0 Å². The molecule has 0 spiro atoms. The van der Waals surface area contributed by atoms with Gasteiger partial charge < -0.3 is 0 Å². The second-order valence-electron chi connectivity index (χ2n) is 1.52. The van der Waals surface area contributed by atoms with Crippen LogP contribution in [0.5, 0.6) is 0 Å². The summed E-state index contributed by atoms with van der Waals surface area (Å²) < 4.78 is 25.8. The van der Waals surface area contributed by atoms with Gasteiger partial charge in [-0.2, -0.15) is 8.42 Å². The Labute approximate surface area is 76.8 Å². The Balaban J connectivity index is 3.79. The fraction of sp³-hybridized carbons (Fsp3) is 0.500. The summed E-state index contributed by atoms with van der Waals surface area (Å²) in [7, 11) is -3.32. The molecule has 0 saturated heterocycles.